The normalized spacial score (nSPS) is 9.57. The molecule has 0 aliphatic rings. The number of nitrogens with one attached hydrogen (secondary N) is 1. The van der Waals surface area contributed by atoms with E-state index in [4.69, 9.17) is 9.84 Å². The first-order valence-corrected chi connectivity index (χ1v) is 4.17. The van der Waals surface area contributed by atoms with Gasteiger partial charge in [-0.2, -0.15) is 0 Å². The van der Waals surface area contributed by atoms with Crippen molar-refractivity contribution in [2.24, 2.45) is 0 Å². The van der Waals surface area contributed by atoms with Gasteiger partial charge in [-0.25, -0.2) is 4.98 Å². The van der Waals surface area contributed by atoms with E-state index in [0.29, 0.717) is 11.4 Å². The van der Waals surface area contributed by atoms with Gasteiger partial charge < -0.3 is 15.2 Å². The van der Waals surface area contributed by atoms with Gasteiger partial charge in [-0.15, -0.1) is 0 Å². The van der Waals surface area contributed by atoms with E-state index in [1.165, 1.54) is 13.3 Å². The molecule has 0 fully saturated rings. The van der Waals surface area contributed by atoms with Crippen LogP contribution in [0.15, 0.2) is 18.3 Å². The highest BCUT2D eigenvalue weighted by molar-refractivity contribution is 5.93. The van der Waals surface area contributed by atoms with Gasteiger partial charge in [0.15, 0.2) is 0 Å². The molecule has 0 aliphatic carbocycles. The second kappa shape index (κ2) is 5.18. The Hall–Kier alpha value is -1.62. The van der Waals surface area contributed by atoms with Crippen LogP contribution in [0, 0.1) is 0 Å². The highest BCUT2D eigenvalue weighted by Gasteiger charge is 2.04. The number of aromatic nitrogens is 1. The van der Waals surface area contributed by atoms with E-state index in [2.05, 4.69) is 10.3 Å². The van der Waals surface area contributed by atoms with E-state index < -0.39 is 0 Å². The zero-order chi connectivity index (χ0) is 10.4. The molecule has 0 saturated carbocycles. The van der Waals surface area contributed by atoms with Gasteiger partial charge in [0, 0.05) is 18.8 Å². The van der Waals surface area contributed by atoms with Gasteiger partial charge in [0.05, 0.1) is 19.3 Å². The summed E-state index contributed by atoms with van der Waals surface area (Å²) in [6, 6.07) is 3.21. The molecule has 14 heavy (non-hydrogen) atoms. The van der Waals surface area contributed by atoms with Crippen molar-refractivity contribution in [1.29, 1.82) is 0 Å². The van der Waals surface area contributed by atoms with Gasteiger partial charge in [0.25, 0.3) is 5.91 Å². The molecular formula is C9H12N2O3. The lowest BCUT2D eigenvalue weighted by molar-refractivity contribution is 0.0944. The molecule has 0 aromatic carbocycles. The predicted octanol–water partition coefficient (Wildman–Crippen LogP) is -0.188. The number of carbonyl (C=O) groups is 1. The van der Waals surface area contributed by atoms with Crippen LogP contribution in [-0.2, 0) is 0 Å². The molecule has 1 aromatic heterocycles. The van der Waals surface area contributed by atoms with Crippen LogP contribution in [0.4, 0.5) is 0 Å². The maximum Gasteiger partial charge on any atom is 0.252 e. The molecule has 0 spiro atoms. The molecular weight excluding hydrogens is 184 g/mol. The number of carbonyl (C=O) groups excluding carboxylic acids is 1. The van der Waals surface area contributed by atoms with Gasteiger partial charge in [-0.1, -0.05) is 0 Å². The number of hydrogen-bond acceptors (Lipinski definition) is 4. The summed E-state index contributed by atoms with van der Waals surface area (Å²) in [6.45, 7) is 0.167. The number of aliphatic hydroxyl groups is 1. The van der Waals surface area contributed by atoms with Crippen molar-refractivity contribution in [3.8, 4) is 5.88 Å². The number of amides is 1. The first kappa shape index (κ1) is 10.5. The third-order valence-corrected chi connectivity index (χ3v) is 1.61. The maximum absolute atomic E-state index is 11.3. The summed E-state index contributed by atoms with van der Waals surface area (Å²) in [4.78, 5) is 15.2. The van der Waals surface area contributed by atoms with Crippen LogP contribution in [0.5, 0.6) is 5.88 Å². The Bertz CT molecular complexity index is 297. The van der Waals surface area contributed by atoms with E-state index in [1.807, 2.05) is 0 Å². The summed E-state index contributed by atoms with van der Waals surface area (Å²) in [5, 5.41) is 11.0. The van der Waals surface area contributed by atoms with Crippen LogP contribution in [0.2, 0.25) is 0 Å². The van der Waals surface area contributed by atoms with Crippen molar-refractivity contribution in [2.75, 3.05) is 20.3 Å². The third-order valence-electron chi connectivity index (χ3n) is 1.61. The Kier molecular flexibility index (Phi) is 3.87. The van der Waals surface area contributed by atoms with Crippen LogP contribution in [0.1, 0.15) is 10.4 Å². The average Bonchev–Trinajstić information content (AvgIpc) is 2.26. The molecule has 0 unspecified atom stereocenters. The van der Waals surface area contributed by atoms with Crippen LogP contribution in [-0.4, -0.2) is 36.3 Å². The lowest BCUT2D eigenvalue weighted by atomic mass is 10.2. The van der Waals surface area contributed by atoms with Crippen molar-refractivity contribution in [3.05, 3.63) is 23.9 Å². The zero-order valence-electron chi connectivity index (χ0n) is 7.86. The van der Waals surface area contributed by atoms with E-state index in [0.717, 1.165) is 0 Å². The molecule has 5 heteroatoms. The molecule has 1 aromatic rings. The first-order chi connectivity index (χ1) is 6.77. The first-order valence-electron chi connectivity index (χ1n) is 4.17. The molecule has 2 N–H and O–H groups in total. The molecule has 1 rings (SSSR count). The summed E-state index contributed by atoms with van der Waals surface area (Å²) < 4.78 is 4.85. The van der Waals surface area contributed by atoms with Crippen LogP contribution >= 0.6 is 0 Å². The van der Waals surface area contributed by atoms with Crippen LogP contribution < -0.4 is 10.1 Å². The van der Waals surface area contributed by atoms with E-state index >= 15 is 0 Å². The van der Waals surface area contributed by atoms with Gasteiger partial charge in [-0.05, 0) is 6.07 Å². The van der Waals surface area contributed by atoms with E-state index in [-0.39, 0.29) is 19.1 Å². The number of aliphatic hydroxyl groups excluding tert-OH is 1. The third kappa shape index (κ3) is 2.70. The van der Waals surface area contributed by atoms with E-state index in [1.54, 1.807) is 12.1 Å². The maximum atomic E-state index is 11.3. The fourth-order valence-electron chi connectivity index (χ4n) is 0.907. The van der Waals surface area contributed by atoms with Crippen molar-refractivity contribution in [1.82, 2.24) is 10.3 Å². The Morgan fingerprint density at radius 2 is 2.43 bits per heavy atom. The SMILES string of the molecule is COc1ccc(C(=O)NCCO)cn1. The second-order valence-electron chi connectivity index (χ2n) is 2.57. The highest BCUT2D eigenvalue weighted by atomic mass is 16.5. The lowest BCUT2D eigenvalue weighted by Gasteiger charge is -2.03. The van der Waals surface area contributed by atoms with Gasteiger partial charge in [0.1, 0.15) is 0 Å². The number of pyridine rings is 1. The Morgan fingerprint density at radius 3 is 2.93 bits per heavy atom. The quantitative estimate of drug-likeness (QED) is 0.700. The standard InChI is InChI=1S/C9H12N2O3/c1-14-8-3-2-7(6-11-8)9(13)10-4-5-12/h2-3,6,12H,4-5H2,1H3,(H,10,13). The van der Waals surface area contributed by atoms with Crippen LogP contribution in [0.25, 0.3) is 0 Å². The summed E-state index contributed by atoms with van der Waals surface area (Å²) >= 11 is 0. The molecule has 0 radical (unpaired) electrons. The molecule has 0 saturated heterocycles. The molecule has 1 heterocycles. The fourth-order valence-corrected chi connectivity index (χ4v) is 0.907. The van der Waals surface area contributed by atoms with Gasteiger partial charge in [-0.3, -0.25) is 4.79 Å². The predicted molar refractivity (Wildman–Crippen MR) is 50.2 cm³/mol. The fraction of sp³-hybridized carbons (Fsp3) is 0.333. The smallest absolute Gasteiger partial charge is 0.252 e. The Balaban J connectivity index is 2.62. The summed E-state index contributed by atoms with van der Waals surface area (Å²) in [5.41, 5.74) is 0.444. The number of hydrogen-bond donors (Lipinski definition) is 2. The molecule has 5 nitrogen and oxygen atoms in total. The van der Waals surface area contributed by atoms with E-state index in [9.17, 15) is 4.79 Å². The minimum absolute atomic E-state index is 0.0741. The molecule has 0 aliphatic heterocycles. The minimum Gasteiger partial charge on any atom is -0.481 e. The van der Waals surface area contributed by atoms with Crippen LogP contribution in [0.3, 0.4) is 0 Å². The summed E-state index contributed by atoms with van der Waals surface area (Å²) in [7, 11) is 1.51. The summed E-state index contributed by atoms with van der Waals surface area (Å²) in [5.74, 6) is 0.206. The largest absolute Gasteiger partial charge is 0.481 e. The van der Waals surface area contributed by atoms with Crippen molar-refractivity contribution < 1.29 is 14.6 Å². The number of nitrogens with zero attached hydrogens (tertiary/aromatic N) is 1. The monoisotopic (exact) mass is 196 g/mol. The molecule has 76 valence electrons. The van der Waals surface area contributed by atoms with Gasteiger partial charge in [0.2, 0.25) is 5.88 Å². The molecule has 0 atom stereocenters. The Morgan fingerprint density at radius 1 is 1.64 bits per heavy atom. The summed E-state index contributed by atoms with van der Waals surface area (Å²) in [6.07, 6.45) is 1.42. The topological polar surface area (TPSA) is 71.5 Å². The average molecular weight is 196 g/mol. The minimum atomic E-state index is -0.255. The second-order valence-corrected chi connectivity index (χ2v) is 2.57. The van der Waals surface area contributed by atoms with Crippen molar-refractivity contribution in [2.45, 2.75) is 0 Å². The number of ether oxygens (including phenoxy) is 1. The molecule has 0 bridgehead atoms. The van der Waals surface area contributed by atoms with Gasteiger partial charge >= 0.3 is 0 Å². The zero-order valence-corrected chi connectivity index (χ0v) is 7.86. The van der Waals surface area contributed by atoms with Crippen molar-refractivity contribution >= 4 is 5.91 Å². The Labute approximate surface area is 81.7 Å². The number of methoxy groups -OCH3 is 1. The number of rotatable bonds is 4. The van der Waals surface area contributed by atoms with Crippen molar-refractivity contribution in [3.63, 3.8) is 0 Å². The molecule has 1 amide bonds. The lowest BCUT2D eigenvalue weighted by Crippen LogP contribution is -2.26. The highest BCUT2D eigenvalue weighted by Crippen LogP contribution is 2.05.